The van der Waals surface area contributed by atoms with Crippen LogP contribution in [-0.4, -0.2) is 59.7 Å². The van der Waals surface area contributed by atoms with Gasteiger partial charge in [-0.3, -0.25) is 0 Å². The largest absolute Gasteiger partial charge is 0.384 e. The van der Waals surface area contributed by atoms with Gasteiger partial charge in [0.15, 0.2) is 0 Å². The van der Waals surface area contributed by atoms with Crippen molar-refractivity contribution >= 4 is 0 Å². The summed E-state index contributed by atoms with van der Waals surface area (Å²) in [5.74, 6) is 0. The number of quaternary nitrogens is 2. The summed E-state index contributed by atoms with van der Waals surface area (Å²) in [6.07, 6.45) is 3.51. The van der Waals surface area contributed by atoms with Crippen molar-refractivity contribution < 1.29 is 19.7 Å². The zero-order valence-corrected chi connectivity index (χ0v) is 13.6. The lowest BCUT2D eigenvalue weighted by molar-refractivity contribution is -0.870. The van der Waals surface area contributed by atoms with Crippen molar-refractivity contribution in [3.8, 4) is 0 Å². The van der Waals surface area contributed by atoms with Gasteiger partial charge < -0.3 is 19.7 Å². The third-order valence-electron chi connectivity index (χ3n) is 3.99. The molecule has 1 aliphatic rings. The second-order valence-corrected chi connectivity index (χ2v) is 7.05. The summed E-state index contributed by atoms with van der Waals surface area (Å²) in [5.41, 5.74) is 0.460. The average Bonchev–Trinajstić information content (AvgIpc) is 2.26. The Morgan fingerprint density at radius 1 is 1.32 bits per heavy atom. The lowest BCUT2D eigenvalue weighted by Gasteiger charge is -2.43. The summed E-state index contributed by atoms with van der Waals surface area (Å²) in [6, 6.07) is 0. The molecule has 0 saturated carbocycles. The van der Waals surface area contributed by atoms with Crippen molar-refractivity contribution in [2.24, 2.45) is 5.41 Å². The van der Waals surface area contributed by atoms with Crippen molar-refractivity contribution in [2.45, 2.75) is 38.7 Å². The molecule has 0 aromatic heterocycles. The van der Waals surface area contributed by atoms with Gasteiger partial charge in [0.1, 0.15) is 0 Å². The predicted molar refractivity (Wildman–Crippen MR) is 77.5 cm³/mol. The second-order valence-electron chi connectivity index (χ2n) is 7.05. The number of hydrogen-bond acceptors (Lipinski definition) is 2. The fourth-order valence-electron chi connectivity index (χ4n) is 3.51. The van der Waals surface area contributed by atoms with Crippen molar-refractivity contribution in [1.82, 2.24) is 0 Å². The first kappa shape index (κ1) is 16.9. The standard InChI is InChI=1S/C15H32N2O2/c1-14(2)11-15(7-10-19-14,13-17(3)4)12-16-8-6-9-18-5/h16H,6-13H2,1-5H3/p+2/t15-/m1/s1. The van der Waals surface area contributed by atoms with Crippen molar-refractivity contribution in [3.63, 3.8) is 0 Å². The lowest BCUT2D eigenvalue weighted by atomic mass is 9.73. The molecule has 1 atom stereocenters. The molecule has 0 unspecified atom stereocenters. The van der Waals surface area contributed by atoms with E-state index in [2.05, 4.69) is 33.3 Å². The SMILES string of the molecule is COCCC[NH2+]C[C@@]1(C[NH+](C)C)CCOC(C)(C)C1. The third kappa shape index (κ3) is 6.21. The molecule has 19 heavy (non-hydrogen) atoms. The van der Waals surface area contributed by atoms with Gasteiger partial charge in [0, 0.05) is 20.1 Å². The van der Waals surface area contributed by atoms with E-state index < -0.39 is 0 Å². The quantitative estimate of drug-likeness (QED) is 0.575. The molecule has 0 spiro atoms. The molecule has 1 heterocycles. The van der Waals surface area contributed by atoms with Crippen LogP contribution in [0.5, 0.6) is 0 Å². The Balaban J connectivity index is 2.50. The minimum absolute atomic E-state index is 0.0358. The number of hydrogen-bond donors (Lipinski definition) is 2. The summed E-state index contributed by atoms with van der Waals surface area (Å²) in [7, 11) is 6.29. The van der Waals surface area contributed by atoms with Crippen LogP contribution < -0.4 is 10.2 Å². The van der Waals surface area contributed by atoms with Gasteiger partial charge in [-0.05, 0) is 26.7 Å². The van der Waals surface area contributed by atoms with Gasteiger partial charge >= 0.3 is 0 Å². The molecule has 1 saturated heterocycles. The number of ether oxygens (including phenoxy) is 2. The Bertz CT molecular complexity index is 257. The molecule has 1 rings (SSSR count). The van der Waals surface area contributed by atoms with E-state index in [1.165, 1.54) is 32.5 Å². The van der Waals surface area contributed by atoms with Gasteiger partial charge in [-0.15, -0.1) is 0 Å². The minimum Gasteiger partial charge on any atom is -0.384 e. The molecule has 0 aromatic carbocycles. The van der Waals surface area contributed by atoms with Crippen molar-refractivity contribution in [3.05, 3.63) is 0 Å². The van der Waals surface area contributed by atoms with Gasteiger partial charge in [0.2, 0.25) is 0 Å². The van der Waals surface area contributed by atoms with Gasteiger partial charge in [-0.1, -0.05) is 0 Å². The zero-order valence-electron chi connectivity index (χ0n) is 13.6. The number of rotatable bonds is 8. The van der Waals surface area contributed by atoms with E-state index in [-0.39, 0.29) is 5.60 Å². The molecule has 0 aliphatic carbocycles. The molecular weight excluding hydrogens is 240 g/mol. The van der Waals surface area contributed by atoms with Crippen LogP contribution in [0, 0.1) is 5.41 Å². The first-order chi connectivity index (χ1) is 8.89. The van der Waals surface area contributed by atoms with Crippen molar-refractivity contribution in [1.29, 1.82) is 0 Å². The monoisotopic (exact) mass is 274 g/mol. The highest BCUT2D eigenvalue weighted by atomic mass is 16.5. The van der Waals surface area contributed by atoms with E-state index in [1.807, 2.05) is 0 Å². The first-order valence-corrected chi connectivity index (χ1v) is 7.63. The number of nitrogens with one attached hydrogen (secondary N) is 1. The van der Waals surface area contributed by atoms with Gasteiger partial charge in [-0.25, -0.2) is 0 Å². The predicted octanol–water partition coefficient (Wildman–Crippen LogP) is -0.694. The highest BCUT2D eigenvalue weighted by Crippen LogP contribution is 2.36. The Hall–Kier alpha value is -0.160. The normalized spacial score (nSPS) is 26.8. The summed E-state index contributed by atoms with van der Waals surface area (Å²) >= 11 is 0. The maximum absolute atomic E-state index is 5.90. The van der Waals surface area contributed by atoms with Gasteiger partial charge in [0.25, 0.3) is 0 Å². The minimum atomic E-state index is 0.0358. The van der Waals surface area contributed by atoms with Crippen LogP contribution in [0.25, 0.3) is 0 Å². The van der Waals surface area contributed by atoms with E-state index in [1.54, 1.807) is 12.0 Å². The average molecular weight is 274 g/mol. The van der Waals surface area contributed by atoms with Crippen LogP contribution in [-0.2, 0) is 9.47 Å². The molecule has 0 bridgehead atoms. The number of methoxy groups -OCH3 is 1. The van der Waals surface area contributed by atoms with Crippen LogP contribution in [0.15, 0.2) is 0 Å². The van der Waals surface area contributed by atoms with E-state index in [4.69, 9.17) is 9.47 Å². The third-order valence-corrected chi connectivity index (χ3v) is 3.99. The molecule has 0 amide bonds. The molecule has 3 N–H and O–H groups in total. The molecule has 4 nitrogen and oxygen atoms in total. The van der Waals surface area contributed by atoms with Crippen LogP contribution >= 0.6 is 0 Å². The molecule has 0 radical (unpaired) electrons. The van der Waals surface area contributed by atoms with Crippen molar-refractivity contribution in [2.75, 3.05) is 54.1 Å². The molecular formula is C15H34N2O2+2. The number of nitrogens with two attached hydrogens (primary N) is 1. The summed E-state index contributed by atoms with van der Waals surface area (Å²) in [6.45, 7) is 9.87. The molecule has 1 fully saturated rings. The van der Waals surface area contributed by atoms with E-state index in [0.717, 1.165) is 19.6 Å². The van der Waals surface area contributed by atoms with E-state index >= 15 is 0 Å². The molecule has 114 valence electrons. The molecule has 4 heteroatoms. The van der Waals surface area contributed by atoms with Gasteiger partial charge in [0.05, 0.1) is 51.4 Å². The Labute approximate surface area is 118 Å². The first-order valence-electron chi connectivity index (χ1n) is 7.63. The van der Waals surface area contributed by atoms with Crippen LogP contribution in [0.2, 0.25) is 0 Å². The Morgan fingerprint density at radius 2 is 2.05 bits per heavy atom. The topological polar surface area (TPSA) is 39.5 Å². The summed E-state index contributed by atoms with van der Waals surface area (Å²) in [4.78, 5) is 1.54. The van der Waals surface area contributed by atoms with Gasteiger partial charge in [-0.2, -0.15) is 0 Å². The Kier molecular flexibility index (Phi) is 6.74. The Morgan fingerprint density at radius 3 is 2.63 bits per heavy atom. The highest BCUT2D eigenvalue weighted by molar-refractivity contribution is 4.89. The highest BCUT2D eigenvalue weighted by Gasteiger charge is 2.44. The van der Waals surface area contributed by atoms with Crippen LogP contribution in [0.4, 0.5) is 0 Å². The fraction of sp³-hybridized carbons (Fsp3) is 1.00. The van der Waals surface area contributed by atoms with E-state index in [9.17, 15) is 0 Å². The zero-order chi connectivity index (χ0) is 14.4. The molecule has 1 aliphatic heterocycles. The maximum Gasteiger partial charge on any atom is 0.0880 e. The van der Waals surface area contributed by atoms with Crippen LogP contribution in [0.1, 0.15) is 33.1 Å². The fourth-order valence-corrected chi connectivity index (χ4v) is 3.51. The lowest BCUT2D eigenvalue weighted by Crippen LogP contribution is -3.08. The van der Waals surface area contributed by atoms with E-state index in [0.29, 0.717) is 5.41 Å². The maximum atomic E-state index is 5.90. The summed E-state index contributed by atoms with van der Waals surface area (Å²) in [5, 5.41) is 2.48. The summed E-state index contributed by atoms with van der Waals surface area (Å²) < 4.78 is 11.0. The second kappa shape index (κ2) is 7.58. The molecule has 0 aromatic rings. The smallest absolute Gasteiger partial charge is 0.0880 e. The van der Waals surface area contributed by atoms with Crippen LogP contribution in [0.3, 0.4) is 0 Å².